The standard InChI is InChI=1S/C33H41FN8O2/c1-22(2)29-26(16-35-20-36-29)25-15-24(34)3-4-27(25)44-31-30(37-21-38-40-31)42-18-32(19-42)11-13-41(14-12-32)17-23-5-8-33(9-6-23)10-7-28(43)39-33/h3-4,15-16,20-23H,5-14,17-19H2,1-2H3,(H,39,43)/t23-,33+. The molecule has 2 spiro atoms. The number of carbonyl (C=O) groups is 1. The highest BCUT2D eigenvalue weighted by Gasteiger charge is 2.47. The fourth-order valence-electron chi connectivity index (χ4n) is 7.82. The number of carbonyl (C=O) groups excluding carboxylic acids is 1. The second-order valence-electron chi connectivity index (χ2n) is 13.7. The molecule has 4 fully saturated rings. The van der Waals surface area contributed by atoms with Gasteiger partial charge in [0.2, 0.25) is 5.91 Å². The maximum absolute atomic E-state index is 14.5. The first-order chi connectivity index (χ1) is 21.3. The third-order valence-electron chi connectivity index (χ3n) is 10.4. The molecule has 1 saturated carbocycles. The predicted octanol–water partition coefficient (Wildman–Crippen LogP) is 5.12. The summed E-state index contributed by atoms with van der Waals surface area (Å²) < 4.78 is 20.8. The van der Waals surface area contributed by atoms with Crippen LogP contribution in [0.15, 0.2) is 37.1 Å². The van der Waals surface area contributed by atoms with Gasteiger partial charge in [0.15, 0.2) is 5.82 Å². The van der Waals surface area contributed by atoms with Crippen LogP contribution in [0.2, 0.25) is 0 Å². The topological polar surface area (TPSA) is 109 Å². The van der Waals surface area contributed by atoms with E-state index in [2.05, 4.69) is 40.3 Å². The van der Waals surface area contributed by atoms with Crippen molar-refractivity contribution in [2.75, 3.05) is 37.6 Å². The Labute approximate surface area is 257 Å². The van der Waals surface area contributed by atoms with Crippen molar-refractivity contribution in [2.45, 2.75) is 76.7 Å². The minimum Gasteiger partial charge on any atom is -0.434 e. The van der Waals surface area contributed by atoms with Crippen molar-refractivity contribution in [3.05, 3.63) is 48.6 Å². The molecule has 44 heavy (non-hydrogen) atoms. The Morgan fingerprint density at radius 3 is 2.57 bits per heavy atom. The van der Waals surface area contributed by atoms with Crippen LogP contribution in [0.4, 0.5) is 10.2 Å². The highest BCUT2D eigenvalue weighted by atomic mass is 19.1. The van der Waals surface area contributed by atoms with Gasteiger partial charge >= 0.3 is 0 Å². The van der Waals surface area contributed by atoms with E-state index in [1.54, 1.807) is 12.3 Å². The first kappa shape index (κ1) is 29.0. The Morgan fingerprint density at radius 1 is 1.05 bits per heavy atom. The minimum absolute atomic E-state index is 0.0958. The Kier molecular flexibility index (Phi) is 7.68. The van der Waals surface area contributed by atoms with Gasteiger partial charge in [-0.3, -0.25) is 4.79 Å². The van der Waals surface area contributed by atoms with Gasteiger partial charge in [-0.25, -0.2) is 19.3 Å². The van der Waals surface area contributed by atoms with Gasteiger partial charge < -0.3 is 19.9 Å². The zero-order chi connectivity index (χ0) is 30.3. The number of ether oxygens (including phenoxy) is 1. The molecule has 0 unspecified atom stereocenters. The average molecular weight is 601 g/mol. The smallest absolute Gasteiger partial charge is 0.282 e. The van der Waals surface area contributed by atoms with Gasteiger partial charge in [0.05, 0.1) is 5.69 Å². The summed E-state index contributed by atoms with van der Waals surface area (Å²) in [4.78, 5) is 29.9. The lowest BCUT2D eigenvalue weighted by Crippen LogP contribution is -2.61. The molecule has 0 radical (unpaired) electrons. The molecular weight excluding hydrogens is 559 g/mol. The molecule has 232 valence electrons. The molecule has 0 bridgehead atoms. The SMILES string of the molecule is CC(C)c1ncncc1-c1cc(F)ccc1Oc1nncnc1N1CC2(CCN(C[C@H]3CC[C@]4(CCC(=O)N4)CC3)CC2)C1. The van der Waals surface area contributed by atoms with Crippen LogP contribution in [-0.2, 0) is 4.79 Å². The van der Waals surface area contributed by atoms with Crippen molar-refractivity contribution >= 4 is 11.7 Å². The highest BCUT2D eigenvalue weighted by molar-refractivity contribution is 5.79. The number of nitrogens with one attached hydrogen (secondary N) is 1. The van der Waals surface area contributed by atoms with Gasteiger partial charge in [-0.05, 0) is 88.1 Å². The molecule has 3 saturated heterocycles. The molecule has 10 nitrogen and oxygen atoms in total. The maximum Gasteiger partial charge on any atom is 0.282 e. The highest BCUT2D eigenvalue weighted by Crippen LogP contribution is 2.46. The number of amides is 1. The van der Waals surface area contributed by atoms with Crippen LogP contribution >= 0.6 is 0 Å². The van der Waals surface area contributed by atoms with E-state index in [-0.39, 0.29) is 28.6 Å². The van der Waals surface area contributed by atoms with Crippen LogP contribution in [-0.4, -0.2) is 74.2 Å². The lowest BCUT2D eigenvalue weighted by molar-refractivity contribution is -0.120. The molecule has 11 heteroatoms. The van der Waals surface area contributed by atoms with Gasteiger partial charge in [0.25, 0.3) is 5.88 Å². The summed E-state index contributed by atoms with van der Waals surface area (Å²) in [7, 11) is 0. The lowest BCUT2D eigenvalue weighted by atomic mass is 9.71. The Morgan fingerprint density at radius 2 is 1.84 bits per heavy atom. The number of benzene rings is 1. The van der Waals surface area contributed by atoms with Gasteiger partial charge in [-0.15, -0.1) is 10.2 Å². The van der Waals surface area contributed by atoms with Crippen molar-refractivity contribution in [1.82, 2.24) is 35.4 Å². The van der Waals surface area contributed by atoms with Gasteiger partial charge in [0, 0.05) is 54.3 Å². The molecule has 1 N–H and O–H groups in total. The number of nitrogens with zero attached hydrogens (tertiary/aromatic N) is 7. The third-order valence-corrected chi connectivity index (χ3v) is 10.4. The summed E-state index contributed by atoms with van der Waals surface area (Å²) >= 11 is 0. The number of piperidine rings is 1. The molecule has 1 aliphatic carbocycles. The molecule has 5 heterocycles. The third kappa shape index (κ3) is 5.74. The first-order valence-corrected chi connectivity index (χ1v) is 16.0. The molecule has 7 rings (SSSR count). The molecule has 2 aromatic heterocycles. The molecule has 3 aliphatic heterocycles. The summed E-state index contributed by atoms with van der Waals surface area (Å²) in [6.07, 6.45) is 13.4. The van der Waals surface area contributed by atoms with E-state index in [4.69, 9.17) is 4.74 Å². The van der Waals surface area contributed by atoms with Crippen molar-refractivity contribution in [1.29, 1.82) is 0 Å². The molecular formula is C33H41FN8O2. The average Bonchev–Trinajstić information content (AvgIpc) is 3.38. The molecule has 1 aromatic carbocycles. The summed E-state index contributed by atoms with van der Waals surface area (Å²) in [5.74, 6) is 2.15. The number of anilines is 1. The quantitative estimate of drug-likeness (QED) is 0.395. The van der Waals surface area contributed by atoms with E-state index in [0.29, 0.717) is 29.4 Å². The Bertz CT molecular complexity index is 1510. The second-order valence-corrected chi connectivity index (χ2v) is 13.7. The van der Waals surface area contributed by atoms with Crippen molar-refractivity contribution in [2.24, 2.45) is 11.3 Å². The Balaban J connectivity index is 0.980. The van der Waals surface area contributed by atoms with Crippen molar-refractivity contribution in [3.8, 4) is 22.8 Å². The number of hydrogen-bond acceptors (Lipinski definition) is 9. The summed E-state index contributed by atoms with van der Waals surface area (Å²) in [6.45, 7) is 9.31. The summed E-state index contributed by atoms with van der Waals surface area (Å²) in [5.41, 5.74) is 2.48. The van der Waals surface area contributed by atoms with Crippen LogP contribution in [0.25, 0.3) is 11.1 Å². The number of rotatable bonds is 7. The van der Waals surface area contributed by atoms with E-state index in [1.807, 2.05) is 13.8 Å². The predicted molar refractivity (Wildman–Crippen MR) is 164 cm³/mol. The van der Waals surface area contributed by atoms with Crippen molar-refractivity contribution in [3.63, 3.8) is 0 Å². The summed E-state index contributed by atoms with van der Waals surface area (Å²) in [6, 6.07) is 4.45. The van der Waals surface area contributed by atoms with Crippen LogP contribution < -0.4 is 15.0 Å². The largest absolute Gasteiger partial charge is 0.434 e. The van der Waals surface area contributed by atoms with Gasteiger partial charge in [-0.1, -0.05) is 13.8 Å². The maximum atomic E-state index is 14.5. The fourth-order valence-corrected chi connectivity index (χ4v) is 7.82. The lowest BCUT2D eigenvalue weighted by Gasteiger charge is -2.54. The first-order valence-electron chi connectivity index (χ1n) is 16.0. The van der Waals surface area contributed by atoms with Crippen LogP contribution in [0.3, 0.4) is 0 Å². The molecule has 0 atom stereocenters. The second kappa shape index (κ2) is 11.6. The van der Waals surface area contributed by atoms with E-state index in [1.165, 1.54) is 57.0 Å². The van der Waals surface area contributed by atoms with Crippen molar-refractivity contribution < 1.29 is 13.9 Å². The zero-order valence-electron chi connectivity index (χ0n) is 25.6. The molecule has 4 aliphatic rings. The molecule has 1 amide bonds. The monoisotopic (exact) mass is 600 g/mol. The van der Waals surface area contributed by atoms with Crippen LogP contribution in [0.5, 0.6) is 11.6 Å². The number of aromatic nitrogens is 5. The number of halogens is 1. The zero-order valence-corrected chi connectivity index (χ0v) is 25.6. The van der Waals surface area contributed by atoms with Crippen LogP contribution in [0.1, 0.15) is 76.8 Å². The van der Waals surface area contributed by atoms with Crippen LogP contribution in [0, 0.1) is 17.2 Å². The Hall–Kier alpha value is -3.73. The fraction of sp³-hybridized carbons (Fsp3) is 0.576. The van der Waals surface area contributed by atoms with E-state index >= 15 is 0 Å². The number of hydrogen-bond donors (Lipinski definition) is 1. The van der Waals surface area contributed by atoms with Gasteiger partial charge in [-0.2, -0.15) is 0 Å². The number of likely N-dealkylation sites (tertiary alicyclic amines) is 1. The van der Waals surface area contributed by atoms with Gasteiger partial charge in [0.1, 0.15) is 24.2 Å². The minimum atomic E-state index is -0.367. The summed E-state index contributed by atoms with van der Waals surface area (Å²) in [5, 5.41) is 11.6. The van der Waals surface area contributed by atoms with E-state index < -0.39 is 0 Å². The normalized spacial score (nSPS) is 25.0. The van der Waals surface area contributed by atoms with E-state index in [9.17, 15) is 9.18 Å². The molecule has 3 aromatic rings. The van der Waals surface area contributed by atoms with E-state index in [0.717, 1.165) is 62.6 Å².